The fourth-order valence-electron chi connectivity index (χ4n) is 0. The Morgan fingerprint density at radius 1 is 1.00 bits per heavy atom. The van der Waals surface area contributed by atoms with Crippen LogP contribution in [0.2, 0.25) is 0 Å². The van der Waals surface area contributed by atoms with E-state index in [1.165, 1.54) is 0 Å². The predicted octanol–water partition coefficient (Wildman–Crippen LogP) is -2.11. The van der Waals surface area contributed by atoms with E-state index in [9.17, 15) is 0 Å². The van der Waals surface area contributed by atoms with Gasteiger partial charge in [-0.2, -0.15) is 0 Å². The average Bonchev–Trinajstić information content (AvgIpc) is 0. The maximum atomic E-state index is 0. The standard InChI is InChI=1S/Ag.Cu.In.Sn.5H. The molecule has 0 fully saturated rings. The molecule has 0 heterocycles. The molecule has 0 aliphatic rings. The van der Waals surface area contributed by atoms with Gasteiger partial charge in [0, 0.05) is 39.4 Å². The van der Waals surface area contributed by atoms with Crippen molar-refractivity contribution in [2.75, 3.05) is 0 Å². The second-order valence-corrected chi connectivity index (χ2v) is 0. The zero-order chi connectivity index (χ0) is 0. The van der Waals surface area contributed by atoms with Gasteiger partial charge >= 0.3 is 49.8 Å². The first-order chi connectivity index (χ1) is 0. The Balaban J connectivity index is 0. The molecule has 0 aliphatic heterocycles. The molecular formula is H5AgCuInSn. The van der Waals surface area contributed by atoms with Crippen LogP contribution in [0.15, 0.2) is 0 Å². The molecule has 0 amide bonds. The van der Waals surface area contributed by atoms with E-state index in [0.29, 0.717) is 0 Å². The summed E-state index contributed by atoms with van der Waals surface area (Å²) in [5, 5.41) is 0. The molecule has 0 atom stereocenters. The SMILES string of the molecule is [Ag].[Cu].[InH3].[SnH2]. The normalized spacial score (nSPS) is 0. The van der Waals surface area contributed by atoms with E-state index in [1.54, 1.807) is 0 Å². The monoisotopic (exact) mass is 410 g/mol. The van der Waals surface area contributed by atoms with Crippen molar-refractivity contribution in [2.45, 2.75) is 0 Å². The maximum absolute atomic E-state index is 0. The van der Waals surface area contributed by atoms with Gasteiger partial charge in [-0.3, -0.25) is 0 Å². The van der Waals surface area contributed by atoms with Crippen molar-refractivity contribution in [1.29, 1.82) is 0 Å². The van der Waals surface area contributed by atoms with Crippen LogP contribution >= 0.6 is 0 Å². The van der Waals surface area contributed by atoms with Gasteiger partial charge in [-0.25, -0.2) is 0 Å². The molecule has 0 N–H and O–H groups in total. The van der Waals surface area contributed by atoms with E-state index in [4.69, 9.17) is 0 Å². The molecule has 4 heavy (non-hydrogen) atoms. The van der Waals surface area contributed by atoms with Crippen LogP contribution in [0.4, 0.5) is 0 Å². The van der Waals surface area contributed by atoms with Gasteiger partial charge in [0.1, 0.15) is 0 Å². The van der Waals surface area contributed by atoms with Crippen LogP contribution in [0.3, 0.4) is 0 Å². The Bertz CT molecular complexity index is 8.00. The molecule has 0 spiro atoms. The van der Waals surface area contributed by atoms with Gasteiger partial charge in [-0.05, 0) is 0 Å². The van der Waals surface area contributed by atoms with Crippen LogP contribution in [0.25, 0.3) is 0 Å². The van der Waals surface area contributed by atoms with Crippen LogP contribution in [0.5, 0.6) is 0 Å². The summed E-state index contributed by atoms with van der Waals surface area (Å²) in [6.07, 6.45) is 0. The predicted molar refractivity (Wildman–Crippen MR) is 18.5 cm³/mol. The number of hydrogen-bond donors (Lipinski definition) is 0. The molecule has 0 nitrogen and oxygen atoms in total. The molecule has 0 bridgehead atoms. The summed E-state index contributed by atoms with van der Waals surface area (Å²) in [6.45, 7) is 0. The van der Waals surface area contributed by atoms with E-state index in [0.717, 1.165) is 0 Å². The summed E-state index contributed by atoms with van der Waals surface area (Å²) >= 11 is 0. The molecule has 0 aliphatic carbocycles. The fraction of sp³-hybridized carbons (Fsp3) is 0. The minimum absolute atomic E-state index is 0. The summed E-state index contributed by atoms with van der Waals surface area (Å²) < 4.78 is 0. The molecule has 0 saturated carbocycles. The third-order valence-electron chi connectivity index (χ3n) is 0. The third-order valence-corrected chi connectivity index (χ3v) is 0. The Morgan fingerprint density at radius 3 is 1.00 bits per heavy atom. The van der Waals surface area contributed by atoms with Crippen molar-refractivity contribution in [1.82, 2.24) is 0 Å². The fourth-order valence-corrected chi connectivity index (χ4v) is 0. The second-order valence-electron chi connectivity index (χ2n) is 0. The average molecular weight is 410 g/mol. The topological polar surface area (TPSA) is 0 Å². The van der Waals surface area contributed by atoms with Crippen LogP contribution in [-0.2, 0) is 39.4 Å². The molecule has 0 saturated heterocycles. The van der Waals surface area contributed by atoms with Gasteiger partial charge in [0.15, 0.2) is 0 Å². The van der Waals surface area contributed by atoms with Gasteiger partial charge in [-0.1, -0.05) is 0 Å². The Labute approximate surface area is 87.6 Å². The molecule has 0 aromatic carbocycles. The quantitative estimate of drug-likeness (QED) is 0.402. The number of hydrogen-bond acceptors (Lipinski definition) is 0. The van der Waals surface area contributed by atoms with Gasteiger partial charge in [-0.15, -0.1) is 0 Å². The second kappa shape index (κ2) is 16.8. The number of rotatable bonds is 0. The van der Waals surface area contributed by atoms with E-state index >= 15 is 0 Å². The van der Waals surface area contributed by atoms with E-state index in [-0.39, 0.29) is 89.2 Å². The molecule has 4 radical (unpaired) electrons. The third kappa shape index (κ3) is 8.87. The summed E-state index contributed by atoms with van der Waals surface area (Å²) in [6, 6.07) is 0. The van der Waals surface area contributed by atoms with Crippen molar-refractivity contribution in [3.8, 4) is 0 Å². The summed E-state index contributed by atoms with van der Waals surface area (Å²) in [7, 11) is 0. The minimum atomic E-state index is 0. The van der Waals surface area contributed by atoms with Gasteiger partial charge in [0.25, 0.3) is 0 Å². The van der Waals surface area contributed by atoms with Gasteiger partial charge in [0.2, 0.25) is 0 Å². The Morgan fingerprint density at radius 2 is 1.00 bits per heavy atom. The van der Waals surface area contributed by atoms with Crippen molar-refractivity contribution in [3.05, 3.63) is 0 Å². The molecule has 0 rings (SSSR count). The zero-order valence-electron chi connectivity index (χ0n) is 1.31. The Kier molecular flexibility index (Phi) is 119. The molecule has 0 aromatic rings. The van der Waals surface area contributed by atoms with Crippen LogP contribution < -0.4 is 0 Å². The molecule has 0 aromatic heterocycles. The van der Waals surface area contributed by atoms with Crippen molar-refractivity contribution in [2.24, 2.45) is 0 Å². The first-order valence-corrected chi connectivity index (χ1v) is 0. The van der Waals surface area contributed by atoms with Crippen LogP contribution in [0, 0.1) is 0 Å². The van der Waals surface area contributed by atoms with E-state index in [1.807, 2.05) is 0 Å². The van der Waals surface area contributed by atoms with Crippen molar-refractivity contribution >= 4 is 49.8 Å². The first kappa shape index (κ1) is 28.4. The van der Waals surface area contributed by atoms with E-state index < -0.39 is 0 Å². The summed E-state index contributed by atoms with van der Waals surface area (Å²) in [5.74, 6) is 0. The first-order valence-electron chi connectivity index (χ1n) is 0. The van der Waals surface area contributed by atoms with Gasteiger partial charge < -0.3 is 0 Å². The zero-order valence-corrected chi connectivity index (χ0v) is 7.77. The molecule has 4 heteroatoms. The summed E-state index contributed by atoms with van der Waals surface area (Å²) in [5.41, 5.74) is 0. The molecule has 0 unspecified atom stereocenters. The Hall–Kier alpha value is 2.93. The molecule has 34 valence electrons. The van der Waals surface area contributed by atoms with Crippen LogP contribution in [0.1, 0.15) is 0 Å². The summed E-state index contributed by atoms with van der Waals surface area (Å²) in [4.78, 5) is 0. The molecular weight excluding hydrogens is 405 g/mol. The van der Waals surface area contributed by atoms with Crippen molar-refractivity contribution in [3.63, 3.8) is 0 Å². The van der Waals surface area contributed by atoms with Crippen molar-refractivity contribution < 1.29 is 39.4 Å². The van der Waals surface area contributed by atoms with Crippen LogP contribution in [-0.4, -0.2) is 49.8 Å². The van der Waals surface area contributed by atoms with Gasteiger partial charge in [0.05, 0.1) is 0 Å². The van der Waals surface area contributed by atoms with E-state index in [2.05, 4.69) is 0 Å².